The van der Waals surface area contributed by atoms with Gasteiger partial charge in [0.25, 0.3) is 0 Å². The number of hydrogen-bond donors (Lipinski definition) is 0. The Morgan fingerprint density at radius 2 is 0.811 bits per heavy atom. The van der Waals surface area contributed by atoms with E-state index in [0.29, 0.717) is 5.82 Å². The van der Waals surface area contributed by atoms with E-state index in [1.807, 2.05) is 24.3 Å². The molecule has 2 aliphatic rings. The molecule has 2 aliphatic carbocycles. The second-order valence-corrected chi connectivity index (χ2v) is 13.9. The maximum Gasteiger partial charge on any atom is 0.160 e. The summed E-state index contributed by atoms with van der Waals surface area (Å²) in [6.07, 6.45) is 0. The van der Waals surface area contributed by atoms with Crippen molar-refractivity contribution in [2.45, 2.75) is 5.41 Å². The number of nitrogens with zero attached hydrogens (tertiary/aromatic N) is 3. The molecule has 246 valence electrons. The van der Waals surface area contributed by atoms with Gasteiger partial charge in [-0.25, -0.2) is 15.0 Å². The zero-order valence-electron chi connectivity index (χ0n) is 28.7. The Balaban J connectivity index is 1.15. The van der Waals surface area contributed by atoms with Crippen molar-refractivity contribution in [3.63, 3.8) is 0 Å². The molecule has 3 heteroatoms. The highest BCUT2D eigenvalue weighted by Crippen LogP contribution is 2.64. The molecule has 0 saturated heterocycles. The quantitative estimate of drug-likeness (QED) is 0.187. The second kappa shape index (κ2) is 11.5. The van der Waals surface area contributed by atoms with Crippen molar-refractivity contribution in [3.05, 3.63) is 210 Å². The second-order valence-electron chi connectivity index (χ2n) is 13.9. The van der Waals surface area contributed by atoms with Gasteiger partial charge in [0, 0.05) is 38.8 Å². The highest BCUT2D eigenvalue weighted by atomic mass is 14.9. The molecule has 0 saturated carbocycles. The summed E-state index contributed by atoms with van der Waals surface area (Å²) in [5.41, 5.74) is 16.4. The smallest absolute Gasteiger partial charge is 0.160 e. The van der Waals surface area contributed by atoms with E-state index in [1.54, 1.807) is 0 Å². The Morgan fingerprint density at radius 1 is 0.321 bits per heavy atom. The molecule has 2 heterocycles. The van der Waals surface area contributed by atoms with Crippen LogP contribution in [0.2, 0.25) is 0 Å². The van der Waals surface area contributed by atoms with Crippen LogP contribution in [-0.4, -0.2) is 15.0 Å². The van der Waals surface area contributed by atoms with E-state index in [0.717, 1.165) is 50.4 Å². The third-order valence-electron chi connectivity index (χ3n) is 11.1. The molecule has 0 amide bonds. The first kappa shape index (κ1) is 29.7. The number of benzene rings is 7. The average Bonchev–Trinajstić information content (AvgIpc) is 3.71. The van der Waals surface area contributed by atoms with Crippen molar-refractivity contribution in [3.8, 4) is 67.5 Å². The van der Waals surface area contributed by atoms with E-state index >= 15 is 0 Å². The average molecular weight is 674 g/mol. The zero-order chi connectivity index (χ0) is 34.9. The van der Waals surface area contributed by atoms with E-state index in [2.05, 4.69) is 164 Å². The third-order valence-corrected chi connectivity index (χ3v) is 11.1. The largest absolute Gasteiger partial charge is 0.247 e. The molecule has 0 bridgehead atoms. The van der Waals surface area contributed by atoms with Gasteiger partial charge in [-0.2, -0.15) is 0 Å². The topological polar surface area (TPSA) is 38.7 Å². The van der Waals surface area contributed by atoms with Crippen LogP contribution < -0.4 is 0 Å². The van der Waals surface area contributed by atoms with Crippen molar-refractivity contribution in [1.29, 1.82) is 0 Å². The molecule has 0 unspecified atom stereocenters. The Morgan fingerprint density at radius 3 is 1.49 bits per heavy atom. The first-order valence-electron chi connectivity index (χ1n) is 18.1. The van der Waals surface area contributed by atoms with E-state index in [-0.39, 0.29) is 0 Å². The number of pyridine rings is 1. The molecule has 0 radical (unpaired) electrons. The van der Waals surface area contributed by atoms with Gasteiger partial charge in [-0.1, -0.05) is 176 Å². The summed E-state index contributed by atoms with van der Waals surface area (Å²) in [6, 6.07) is 67.0. The molecule has 0 aliphatic heterocycles. The predicted molar refractivity (Wildman–Crippen MR) is 215 cm³/mol. The van der Waals surface area contributed by atoms with Crippen LogP contribution in [0.3, 0.4) is 0 Å². The van der Waals surface area contributed by atoms with Crippen molar-refractivity contribution in [2.24, 2.45) is 0 Å². The van der Waals surface area contributed by atoms with Crippen LogP contribution in [0.5, 0.6) is 0 Å². The fourth-order valence-electron chi connectivity index (χ4n) is 8.90. The normalized spacial score (nSPS) is 13.1. The van der Waals surface area contributed by atoms with Crippen LogP contribution in [0.4, 0.5) is 0 Å². The molecule has 11 rings (SSSR count). The highest BCUT2D eigenvalue weighted by molar-refractivity contribution is 6.07. The summed E-state index contributed by atoms with van der Waals surface area (Å²) in [4.78, 5) is 15.9. The van der Waals surface area contributed by atoms with Crippen LogP contribution in [0.25, 0.3) is 78.3 Å². The number of fused-ring (bicyclic) bond motifs is 12. The molecule has 1 spiro atoms. The maximum atomic E-state index is 5.69. The van der Waals surface area contributed by atoms with Crippen LogP contribution in [-0.2, 0) is 5.41 Å². The van der Waals surface area contributed by atoms with Crippen molar-refractivity contribution >= 4 is 10.8 Å². The van der Waals surface area contributed by atoms with Crippen molar-refractivity contribution < 1.29 is 0 Å². The first-order valence-corrected chi connectivity index (χ1v) is 18.1. The maximum absolute atomic E-state index is 5.69. The molecule has 2 aromatic heterocycles. The molecule has 53 heavy (non-hydrogen) atoms. The van der Waals surface area contributed by atoms with Crippen LogP contribution in [0.1, 0.15) is 22.3 Å². The number of aromatic nitrogens is 3. The van der Waals surface area contributed by atoms with E-state index in [4.69, 9.17) is 15.0 Å². The highest BCUT2D eigenvalue weighted by Gasteiger charge is 2.53. The summed E-state index contributed by atoms with van der Waals surface area (Å²) in [5.74, 6) is 0.701. The third kappa shape index (κ3) is 4.31. The van der Waals surface area contributed by atoms with Gasteiger partial charge in [-0.05, 0) is 45.3 Å². The molecule has 0 N–H and O–H groups in total. The molecule has 0 atom stereocenters. The van der Waals surface area contributed by atoms with Crippen molar-refractivity contribution in [2.75, 3.05) is 0 Å². The van der Waals surface area contributed by atoms with Crippen LogP contribution >= 0.6 is 0 Å². The molecule has 9 aromatic rings. The Labute approximate surface area is 308 Å². The van der Waals surface area contributed by atoms with Gasteiger partial charge in [-0.3, -0.25) is 0 Å². The zero-order valence-corrected chi connectivity index (χ0v) is 28.7. The summed E-state index contributed by atoms with van der Waals surface area (Å²) >= 11 is 0. The fraction of sp³-hybridized carbons (Fsp3) is 0.0200. The lowest BCUT2D eigenvalue weighted by molar-refractivity contribution is 0.799. The number of hydrogen-bond acceptors (Lipinski definition) is 3. The first-order chi connectivity index (χ1) is 26.3. The van der Waals surface area contributed by atoms with Gasteiger partial charge >= 0.3 is 0 Å². The molecule has 0 fully saturated rings. The van der Waals surface area contributed by atoms with E-state index in [9.17, 15) is 0 Å². The Bertz CT molecular complexity index is 2790. The standard InChI is InChI=1S/C50H31N3/c1-3-16-32(17-4-1)44-31-45(52-49(51-44)33-18-5-2-6-19-33)34-20-15-21-35(30-34)47-39-25-8-7-24-38(39)46-48(53-47)40-26-11-14-29-43(40)50(46)41-27-12-9-22-36(41)37-23-10-13-28-42(37)50/h1-31H. The lowest BCUT2D eigenvalue weighted by atomic mass is 9.69. The fourth-order valence-corrected chi connectivity index (χ4v) is 8.90. The lowest BCUT2D eigenvalue weighted by Crippen LogP contribution is -2.26. The van der Waals surface area contributed by atoms with Gasteiger partial charge in [0.05, 0.1) is 28.2 Å². The SMILES string of the molecule is c1ccc(-c2cc(-c3cccc(-c4nc5c(c6ccccc46)C4(c6ccccc6-c6ccccc64)c4ccccc4-5)c3)nc(-c3ccccc3)n2)cc1. The summed E-state index contributed by atoms with van der Waals surface area (Å²) < 4.78 is 0. The lowest BCUT2D eigenvalue weighted by Gasteiger charge is -2.31. The summed E-state index contributed by atoms with van der Waals surface area (Å²) in [5, 5.41) is 2.36. The van der Waals surface area contributed by atoms with Gasteiger partial charge < -0.3 is 0 Å². The Kier molecular flexibility index (Phi) is 6.47. The van der Waals surface area contributed by atoms with Gasteiger partial charge in [0.15, 0.2) is 5.82 Å². The van der Waals surface area contributed by atoms with Crippen LogP contribution in [0.15, 0.2) is 188 Å². The minimum absolute atomic E-state index is 0.464. The molecule has 3 nitrogen and oxygen atoms in total. The summed E-state index contributed by atoms with van der Waals surface area (Å²) in [6.45, 7) is 0. The predicted octanol–water partition coefficient (Wildman–Crippen LogP) is 12.0. The molecular weight excluding hydrogens is 643 g/mol. The van der Waals surface area contributed by atoms with E-state index < -0.39 is 5.41 Å². The van der Waals surface area contributed by atoms with Crippen molar-refractivity contribution in [1.82, 2.24) is 15.0 Å². The van der Waals surface area contributed by atoms with E-state index in [1.165, 1.54) is 44.3 Å². The minimum atomic E-state index is -0.464. The monoisotopic (exact) mass is 673 g/mol. The van der Waals surface area contributed by atoms with Gasteiger partial charge in [0.2, 0.25) is 0 Å². The van der Waals surface area contributed by atoms with Crippen LogP contribution in [0, 0.1) is 0 Å². The minimum Gasteiger partial charge on any atom is -0.247 e. The number of rotatable bonds is 4. The van der Waals surface area contributed by atoms with Gasteiger partial charge in [-0.15, -0.1) is 0 Å². The molecular formula is C50H31N3. The Hall–Kier alpha value is -6.97. The molecule has 7 aromatic carbocycles. The van der Waals surface area contributed by atoms with Gasteiger partial charge in [0.1, 0.15) is 0 Å². The summed E-state index contributed by atoms with van der Waals surface area (Å²) in [7, 11) is 0.